The first-order chi connectivity index (χ1) is 7.91. The molecule has 0 aromatic rings. The highest BCUT2D eigenvalue weighted by atomic mass is 16.5. The summed E-state index contributed by atoms with van der Waals surface area (Å²) in [6.07, 6.45) is 4.59. The van der Waals surface area contributed by atoms with Gasteiger partial charge in [0.25, 0.3) is 0 Å². The summed E-state index contributed by atoms with van der Waals surface area (Å²) in [5.74, 6) is 0. The van der Waals surface area contributed by atoms with Crippen LogP contribution in [0.5, 0.6) is 0 Å². The predicted octanol–water partition coefficient (Wildman–Crippen LogP) is 1.45. The van der Waals surface area contributed by atoms with Gasteiger partial charge in [-0.15, -0.1) is 0 Å². The molecule has 1 N–H and O–H groups in total. The van der Waals surface area contributed by atoms with Gasteiger partial charge in [-0.05, 0) is 32.2 Å². The van der Waals surface area contributed by atoms with Gasteiger partial charge in [0.05, 0.1) is 6.61 Å². The summed E-state index contributed by atoms with van der Waals surface area (Å²) in [6, 6.07) is 0. The van der Waals surface area contributed by atoms with Crippen molar-refractivity contribution in [2.24, 2.45) is 0 Å². The van der Waals surface area contributed by atoms with E-state index >= 15 is 0 Å². The third-order valence-electron chi connectivity index (χ3n) is 2.26. The number of rotatable bonds is 13. The highest BCUT2D eigenvalue weighted by Crippen LogP contribution is 1.93. The summed E-state index contributed by atoms with van der Waals surface area (Å²) < 4.78 is 15.3. The van der Waals surface area contributed by atoms with Crippen LogP contribution in [0, 0.1) is 0 Å². The van der Waals surface area contributed by atoms with Gasteiger partial charge in [0.2, 0.25) is 0 Å². The molecule has 16 heavy (non-hydrogen) atoms. The predicted molar refractivity (Wildman–Crippen MR) is 65.9 cm³/mol. The van der Waals surface area contributed by atoms with Crippen LogP contribution in [0.25, 0.3) is 0 Å². The van der Waals surface area contributed by atoms with E-state index in [0.29, 0.717) is 0 Å². The molecule has 0 aromatic heterocycles. The molecule has 0 unspecified atom stereocenters. The Hall–Kier alpha value is -0.160. The van der Waals surface area contributed by atoms with Crippen molar-refractivity contribution in [1.29, 1.82) is 0 Å². The molecule has 0 aliphatic heterocycles. The monoisotopic (exact) mass is 233 g/mol. The Morgan fingerprint density at radius 3 is 2.19 bits per heavy atom. The number of hydrogen-bond donors (Lipinski definition) is 1. The Bertz CT molecular complexity index is 109. The number of methoxy groups -OCH3 is 2. The van der Waals surface area contributed by atoms with Crippen LogP contribution in [0.15, 0.2) is 0 Å². The van der Waals surface area contributed by atoms with Gasteiger partial charge in [0, 0.05) is 40.6 Å². The van der Waals surface area contributed by atoms with Crippen molar-refractivity contribution < 1.29 is 14.2 Å². The van der Waals surface area contributed by atoms with E-state index in [1.54, 1.807) is 14.2 Å². The van der Waals surface area contributed by atoms with E-state index in [0.717, 1.165) is 52.4 Å². The summed E-state index contributed by atoms with van der Waals surface area (Å²) in [5, 5.41) is 3.36. The molecule has 0 bridgehead atoms. The molecule has 0 heterocycles. The van der Waals surface area contributed by atoms with Crippen molar-refractivity contribution in [2.45, 2.75) is 25.7 Å². The Kier molecular flexibility index (Phi) is 14.7. The minimum absolute atomic E-state index is 0.785. The van der Waals surface area contributed by atoms with Gasteiger partial charge < -0.3 is 19.5 Å². The maximum atomic E-state index is 5.42. The minimum atomic E-state index is 0.785. The van der Waals surface area contributed by atoms with E-state index in [-0.39, 0.29) is 0 Å². The van der Waals surface area contributed by atoms with E-state index in [1.165, 1.54) is 12.8 Å². The smallest absolute Gasteiger partial charge is 0.0590 e. The van der Waals surface area contributed by atoms with Gasteiger partial charge in [-0.3, -0.25) is 0 Å². The second-order valence-corrected chi connectivity index (χ2v) is 3.76. The largest absolute Gasteiger partial charge is 0.385 e. The lowest BCUT2D eigenvalue weighted by molar-refractivity contribution is 0.104. The van der Waals surface area contributed by atoms with Crippen molar-refractivity contribution in [3.8, 4) is 0 Å². The summed E-state index contributed by atoms with van der Waals surface area (Å²) in [4.78, 5) is 0. The van der Waals surface area contributed by atoms with Crippen molar-refractivity contribution in [3.05, 3.63) is 0 Å². The fraction of sp³-hybridized carbons (Fsp3) is 1.00. The molecule has 0 spiro atoms. The highest BCUT2D eigenvalue weighted by molar-refractivity contribution is 4.48. The van der Waals surface area contributed by atoms with Gasteiger partial charge in [-0.25, -0.2) is 0 Å². The molecule has 0 aromatic carbocycles. The van der Waals surface area contributed by atoms with E-state index in [9.17, 15) is 0 Å². The minimum Gasteiger partial charge on any atom is -0.385 e. The van der Waals surface area contributed by atoms with Crippen LogP contribution in [0.3, 0.4) is 0 Å². The zero-order chi connectivity index (χ0) is 11.9. The number of hydrogen-bond acceptors (Lipinski definition) is 4. The standard InChI is InChI=1S/C12H27NO3/c1-14-9-5-3-4-7-13-8-12-16-11-6-10-15-2/h13H,3-12H2,1-2H3. The Morgan fingerprint density at radius 1 is 0.688 bits per heavy atom. The van der Waals surface area contributed by atoms with Crippen LogP contribution in [0.1, 0.15) is 25.7 Å². The highest BCUT2D eigenvalue weighted by Gasteiger charge is 1.91. The molecular weight excluding hydrogens is 206 g/mol. The van der Waals surface area contributed by atoms with Crippen LogP contribution in [-0.2, 0) is 14.2 Å². The van der Waals surface area contributed by atoms with E-state index in [2.05, 4.69) is 5.32 Å². The van der Waals surface area contributed by atoms with Gasteiger partial charge >= 0.3 is 0 Å². The topological polar surface area (TPSA) is 39.7 Å². The summed E-state index contributed by atoms with van der Waals surface area (Å²) in [6.45, 7) is 5.27. The molecule has 0 saturated heterocycles. The lowest BCUT2D eigenvalue weighted by atomic mass is 10.2. The molecule has 4 heteroatoms. The van der Waals surface area contributed by atoms with Crippen molar-refractivity contribution in [1.82, 2.24) is 5.32 Å². The molecule has 0 radical (unpaired) electrons. The first kappa shape index (κ1) is 15.8. The summed E-state index contributed by atoms with van der Waals surface area (Å²) >= 11 is 0. The molecular formula is C12H27NO3. The van der Waals surface area contributed by atoms with E-state index < -0.39 is 0 Å². The third kappa shape index (κ3) is 13.8. The first-order valence-electron chi connectivity index (χ1n) is 6.18. The SMILES string of the molecule is COCCCCCNCCOCCCOC. The Balaban J connectivity index is 2.83. The van der Waals surface area contributed by atoms with Crippen LogP contribution >= 0.6 is 0 Å². The Labute approximate surface area is 99.6 Å². The number of nitrogens with one attached hydrogen (secondary N) is 1. The van der Waals surface area contributed by atoms with Crippen LogP contribution < -0.4 is 5.32 Å². The van der Waals surface area contributed by atoms with Gasteiger partial charge in [-0.1, -0.05) is 0 Å². The van der Waals surface area contributed by atoms with Crippen LogP contribution in [-0.4, -0.2) is 53.7 Å². The first-order valence-corrected chi connectivity index (χ1v) is 6.18. The molecule has 0 atom stereocenters. The van der Waals surface area contributed by atoms with Gasteiger partial charge in [0.1, 0.15) is 0 Å². The molecule has 98 valence electrons. The average molecular weight is 233 g/mol. The lowest BCUT2D eigenvalue weighted by Crippen LogP contribution is -2.21. The van der Waals surface area contributed by atoms with Crippen LogP contribution in [0.2, 0.25) is 0 Å². The molecule has 4 nitrogen and oxygen atoms in total. The van der Waals surface area contributed by atoms with E-state index in [4.69, 9.17) is 14.2 Å². The van der Waals surface area contributed by atoms with Gasteiger partial charge in [0.15, 0.2) is 0 Å². The summed E-state index contributed by atoms with van der Waals surface area (Å²) in [7, 11) is 3.46. The third-order valence-corrected chi connectivity index (χ3v) is 2.26. The average Bonchev–Trinajstić information content (AvgIpc) is 2.31. The Morgan fingerprint density at radius 2 is 1.44 bits per heavy atom. The number of ether oxygens (including phenoxy) is 3. The zero-order valence-electron chi connectivity index (χ0n) is 10.8. The van der Waals surface area contributed by atoms with Crippen molar-refractivity contribution in [2.75, 3.05) is 53.7 Å². The second-order valence-electron chi connectivity index (χ2n) is 3.76. The van der Waals surface area contributed by atoms with E-state index in [1.807, 2.05) is 0 Å². The summed E-state index contributed by atoms with van der Waals surface area (Å²) in [5.41, 5.74) is 0. The van der Waals surface area contributed by atoms with Crippen LogP contribution in [0.4, 0.5) is 0 Å². The number of unbranched alkanes of at least 4 members (excludes halogenated alkanes) is 2. The molecule has 0 fully saturated rings. The fourth-order valence-corrected chi connectivity index (χ4v) is 1.35. The molecule has 0 saturated carbocycles. The van der Waals surface area contributed by atoms with Crippen molar-refractivity contribution >= 4 is 0 Å². The van der Waals surface area contributed by atoms with Gasteiger partial charge in [-0.2, -0.15) is 0 Å². The molecule has 0 rings (SSSR count). The maximum absolute atomic E-state index is 5.42. The molecule has 0 amide bonds. The normalized spacial score (nSPS) is 10.9. The van der Waals surface area contributed by atoms with Crippen molar-refractivity contribution in [3.63, 3.8) is 0 Å². The molecule has 0 aliphatic carbocycles. The quantitative estimate of drug-likeness (QED) is 0.489. The zero-order valence-corrected chi connectivity index (χ0v) is 10.8. The lowest BCUT2D eigenvalue weighted by Gasteiger charge is -2.06. The molecule has 0 aliphatic rings. The second kappa shape index (κ2) is 14.8. The maximum Gasteiger partial charge on any atom is 0.0590 e. The fourth-order valence-electron chi connectivity index (χ4n) is 1.35.